The van der Waals surface area contributed by atoms with Crippen molar-refractivity contribution < 1.29 is 0 Å². The lowest BCUT2D eigenvalue weighted by Crippen LogP contribution is -2.50. The molecule has 148 valence electrons. The molecule has 3 aromatic rings. The van der Waals surface area contributed by atoms with Crippen molar-refractivity contribution in [2.24, 2.45) is 5.41 Å². The number of hydrogen-bond acceptors (Lipinski definition) is 4. The van der Waals surface area contributed by atoms with Gasteiger partial charge >= 0.3 is 5.69 Å². The van der Waals surface area contributed by atoms with E-state index in [0.29, 0.717) is 12.2 Å². The predicted molar refractivity (Wildman–Crippen MR) is 113 cm³/mol. The van der Waals surface area contributed by atoms with E-state index in [1.165, 1.54) is 11.3 Å². The first kappa shape index (κ1) is 18.7. The van der Waals surface area contributed by atoms with Crippen molar-refractivity contribution in [3.8, 4) is 0 Å². The summed E-state index contributed by atoms with van der Waals surface area (Å²) < 4.78 is 3.22. The zero-order valence-electron chi connectivity index (χ0n) is 17.0. The second kappa shape index (κ2) is 7.43. The molecule has 6 heteroatoms. The van der Waals surface area contributed by atoms with Crippen LogP contribution in [-0.2, 0) is 6.54 Å². The first-order chi connectivity index (χ1) is 13.4. The molecule has 0 saturated carbocycles. The lowest BCUT2D eigenvalue weighted by molar-refractivity contribution is 0.148. The number of aryl methyl sites for hydroxylation is 1. The van der Waals surface area contributed by atoms with Crippen LogP contribution in [0.25, 0.3) is 5.65 Å². The molecule has 0 N–H and O–H groups in total. The molecule has 6 nitrogen and oxygen atoms in total. The summed E-state index contributed by atoms with van der Waals surface area (Å²) in [6.07, 6.45) is 1.78. The number of nitrogens with zero attached hydrogens (tertiary/aromatic N) is 5. The summed E-state index contributed by atoms with van der Waals surface area (Å²) in [7, 11) is 0. The molecule has 0 unspecified atom stereocenters. The summed E-state index contributed by atoms with van der Waals surface area (Å²) in [6.45, 7) is 12.3. The van der Waals surface area contributed by atoms with Crippen LogP contribution in [0.1, 0.15) is 19.4 Å². The molecule has 0 atom stereocenters. The van der Waals surface area contributed by atoms with Crippen LogP contribution in [0.3, 0.4) is 0 Å². The number of rotatable bonds is 5. The Bertz CT molecular complexity index is 1010. The van der Waals surface area contributed by atoms with Crippen LogP contribution in [0.5, 0.6) is 0 Å². The summed E-state index contributed by atoms with van der Waals surface area (Å²) in [6, 6.07) is 14.4. The molecule has 3 heterocycles. The number of aromatic nitrogens is 3. The normalized spacial score (nSPS) is 16.0. The molecule has 0 spiro atoms. The van der Waals surface area contributed by atoms with Gasteiger partial charge in [0.25, 0.3) is 0 Å². The van der Waals surface area contributed by atoms with Crippen molar-refractivity contribution in [2.45, 2.75) is 27.3 Å². The number of piperazine rings is 1. The second-order valence-electron chi connectivity index (χ2n) is 8.64. The highest BCUT2D eigenvalue weighted by Gasteiger charge is 2.27. The third-order valence-electron chi connectivity index (χ3n) is 5.46. The lowest BCUT2D eigenvalue weighted by Gasteiger charge is -2.39. The van der Waals surface area contributed by atoms with Gasteiger partial charge in [0.1, 0.15) is 0 Å². The Morgan fingerprint density at radius 2 is 1.79 bits per heavy atom. The minimum atomic E-state index is -0.0621. The first-order valence-corrected chi connectivity index (χ1v) is 9.99. The zero-order chi connectivity index (χ0) is 19.7. The Labute approximate surface area is 166 Å². The summed E-state index contributed by atoms with van der Waals surface area (Å²) in [5, 5.41) is 4.49. The average Bonchev–Trinajstić information content (AvgIpc) is 2.97. The molecule has 1 aromatic carbocycles. The minimum absolute atomic E-state index is 0.0345. The highest BCUT2D eigenvalue weighted by atomic mass is 16.2. The smallest absolute Gasteiger partial charge is 0.350 e. The quantitative estimate of drug-likeness (QED) is 0.684. The molecule has 1 aliphatic heterocycles. The van der Waals surface area contributed by atoms with Gasteiger partial charge in [0, 0.05) is 44.6 Å². The van der Waals surface area contributed by atoms with E-state index in [1.807, 2.05) is 18.2 Å². The van der Waals surface area contributed by atoms with E-state index < -0.39 is 0 Å². The third-order valence-corrected chi connectivity index (χ3v) is 5.46. The lowest BCUT2D eigenvalue weighted by atomic mass is 9.92. The van der Waals surface area contributed by atoms with E-state index >= 15 is 0 Å². The summed E-state index contributed by atoms with van der Waals surface area (Å²) in [4.78, 5) is 17.5. The molecular formula is C22H29N5O. The molecule has 0 bridgehead atoms. The highest BCUT2D eigenvalue weighted by molar-refractivity contribution is 5.48. The van der Waals surface area contributed by atoms with E-state index in [-0.39, 0.29) is 11.1 Å². The maximum absolute atomic E-state index is 12.6. The van der Waals surface area contributed by atoms with Crippen LogP contribution in [0, 0.1) is 12.3 Å². The molecule has 0 amide bonds. The van der Waals surface area contributed by atoms with Crippen LogP contribution >= 0.6 is 0 Å². The molecule has 2 aromatic heterocycles. The Morgan fingerprint density at radius 3 is 2.50 bits per heavy atom. The van der Waals surface area contributed by atoms with E-state index in [2.05, 4.69) is 59.9 Å². The van der Waals surface area contributed by atoms with Crippen LogP contribution < -0.4 is 10.6 Å². The number of fused-ring (bicyclic) bond motifs is 1. The van der Waals surface area contributed by atoms with Crippen molar-refractivity contribution in [2.75, 3.05) is 37.6 Å². The van der Waals surface area contributed by atoms with Gasteiger partial charge in [-0.15, -0.1) is 5.10 Å². The fraction of sp³-hybridized carbons (Fsp3) is 0.455. The Kier molecular flexibility index (Phi) is 4.98. The second-order valence-corrected chi connectivity index (χ2v) is 8.64. The van der Waals surface area contributed by atoms with Crippen LogP contribution in [0.2, 0.25) is 0 Å². The fourth-order valence-corrected chi connectivity index (χ4v) is 4.12. The Morgan fingerprint density at radius 1 is 1.00 bits per heavy atom. The molecule has 1 saturated heterocycles. The molecule has 1 aliphatic rings. The first-order valence-electron chi connectivity index (χ1n) is 9.99. The highest BCUT2D eigenvalue weighted by Crippen LogP contribution is 2.22. The maximum atomic E-state index is 12.6. The van der Waals surface area contributed by atoms with Gasteiger partial charge in [0.2, 0.25) is 0 Å². The SMILES string of the molecule is Cc1cccc(N2CCN(CC(C)(C)Cn3nc4ccccn4c3=O)CC2)c1. The zero-order valence-corrected chi connectivity index (χ0v) is 17.0. The number of benzene rings is 1. The van der Waals surface area contributed by atoms with Gasteiger partial charge in [-0.1, -0.05) is 32.0 Å². The van der Waals surface area contributed by atoms with Gasteiger partial charge in [-0.3, -0.25) is 9.30 Å². The van der Waals surface area contributed by atoms with Crippen molar-refractivity contribution in [3.05, 3.63) is 64.7 Å². The summed E-state index contributed by atoms with van der Waals surface area (Å²) >= 11 is 0. The van der Waals surface area contributed by atoms with Crippen molar-refractivity contribution >= 4 is 11.3 Å². The van der Waals surface area contributed by atoms with Gasteiger partial charge in [-0.25, -0.2) is 9.48 Å². The standard InChI is InChI=1S/C22H29N5O/c1-18-7-6-8-19(15-18)25-13-11-24(12-14-25)16-22(2,3)17-27-21(28)26-10-5-4-9-20(26)23-27/h4-10,15H,11-14,16-17H2,1-3H3. The molecule has 0 radical (unpaired) electrons. The summed E-state index contributed by atoms with van der Waals surface area (Å²) in [5.74, 6) is 0. The minimum Gasteiger partial charge on any atom is -0.369 e. The largest absolute Gasteiger partial charge is 0.369 e. The summed E-state index contributed by atoms with van der Waals surface area (Å²) in [5.41, 5.74) is 3.23. The average molecular weight is 380 g/mol. The number of pyridine rings is 1. The van der Waals surface area contributed by atoms with Gasteiger partial charge < -0.3 is 4.90 Å². The number of hydrogen-bond donors (Lipinski definition) is 0. The number of anilines is 1. The van der Waals surface area contributed by atoms with E-state index in [1.54, 1.807) is 15.3 Å². The topological polar surface area (TPSA) is 45.8 Å². The molecular weight excluding hydrogens is 350 g/mol. The Hall–Kier alpha value is -2.60. The third kappa shape index (κ3) is 3.97. The van der Waals surface area contributed by atoms with Crippen molar-refractivity contribution in [3.63, 3.8) is 0 Å². The molecule has 0 aliphatic carbocycles. The van der Waals surface area contributed by atoms with E-state index in [4.69, 9.17) is 0 Å². The van der Waals surface area contributed by atoms with Crippen LogP contribution in [-0.4, -0.2) is 51.8 Å². The fourth-order valence-electron chi connectivity index (χ4n) is 4.12. The molecule has 1 fully saturated rings. The molecule has 4 rings (SSSR count). The van der Waals surface area contributed by atoms with Gasteiger partial charge in [0.05, 0.1) is 6.54 Å². The molecule has 28 heavy (non-hydrogen) atoms. The van der Waals surface area contributed by atoms with Gasteiger partial charge in [-0.2, -0.15) is 0 Å². The van der Waals surface area contributed by atoms with Crippen LogP contribution in [0.4, 0.5) is 5.69 Å². The van der Waals surface area contributed by atoms with E-state index in [0.717, 1.165) is 32.7 Å². The Balaban J connectivity index is 1.38. The monoisotopic (exact) mass is 379 g/mol. The van der Waals surface area contributed by atoms with Crippen LogP contribution in [0.15, 0.2) is 53.5 Å². The van der Waals surface area contributed by atoms with E-state index in [9.17, 15) is 4.79 Å². The van der Waals surface area contributed by atoms with Gasteiger partial charge in [-0.05, 0) is 42.2 Å². The maximum Gasteiger partial charge on any atom is 0.350 e. The predicted octanol–water partition coefficient (Wildman–Crippen LogP) is 2.65. The van der Waals surface area contributed by atoms with Crippen molar-refractivity contribution in [1.82, 2.24) is 19.1 Å². The van der Waals surface area contributed by atoms with Gasteiger partial charge in [0.15, 0.2) is 5.65 Å². The van der Waals surface area contributed by atoms with Crippen molar-refractivity contribution in [1.29, 1.82) is 0 Å².